The van der Waals surface area contributed by atoms with Crippen LogP contribution in [0.1, 0.15) is 41.5 Å². The molecule has 0 atom stereocenters. The highest BCUT2D eigenvalue weighted by Crippen LogP contribution is 2.39. The van der Waals surface area contributed by atoms with Crippen molar-refractivity contribution in [3.63, 3.8) is 0 Å². The lowest BCUT2D eigenvalue weighted by Crippen LogP contribution is -2.43. The molecule has 0 amide bonds. The highest BCUT2D eigenvalue weighted by atomic mass is 28.4. The number of benzene rings is 2. The van der Waals surface area contributed by atoms with Gasteiger partial charge >= 0.3 is 0 Å². The lowest BCUT2D eigenvalue weighted by Gasteiger charge is -2.36. The second-order valence-corrected chi connectivity index (χ2v) is 20.9. The largest absolute Gasteiger partial charge is 0.543 e. The van der Waals surface area contributed by atoms with Crippen LogP contribution in [0, 0.1) is 0 Å². The van der Waals surface area contributed by atoms with Crippen molar-refractivity contribution in [1.82, 2.24) is 0 Å². The second kappa shape index (κ2) is 7.52. The van der Waals surface area contributed by atoms with E-state index in [1.807, 2.05) is 36.4 Å². The van der Waals surface area contributed by atoms with Crippen LogP contribution in [0.5, 0.6) is 11.5 Å². The van der Waals surface area contributed by atoms with Gasteiger partial charge in [0, 0.05) is 12.1 Å². The molecule has 0 aliphatic rings. The molecule has 0 unspecified atom stereocenters. The van der Waals surface area contributed by atoms with Gasteiger partial charge in [-0.15, -0.1) is 0 Å². The molecule has 0 N–H and O–H groups in total. The summed E-state index contributed by atoms with van der Waals surface area (Å²) >= 11 is 0. The first kappa shape index (κ1) is 23.6. The maximum Gasteiger partial charge on any atom is 0.250 e. The standard InChI is InChI=1S/C25H36O4Si2/c1-24(2,3)30(7,8)28-17-11-13-19-21(15-17)27-22-16-18(12-14-20(22)23(19)26)29-31(9,10)25(4,5)6/h11-16H,1-10H3. The fourth-order valence-corrected chi connectivity index (χ4v) is 4.88. The molecule has 0 aliphatic carbocycles. The Labute approximate surface area is 187 Å². The van der Waals surface area contributed by atoms with Gasteiger partial charge in [0.05, 0.1) is 10.8 Å². The third-order valence-electron chi connectivity index (χ3n) is 6.97. The third-order valence-corrected chi connectivity index (χ3v) is 15.7. The SMILES string of the molecule is CC(C)(C)[Si](C)(C)Oc1ccc2c(=O)c3ccc(O[Si](C)(C)C(C)(C)C)cc3oc2c1. The highest BCUT2D eigenvalue weighted by Gasteiger charge is 2.40. The Morgan fingerprint density at radius 2 is 1.03 bits per heavy atom. The fourth-order valence-electron chi connectivity index (χ4n) is 2.84. The Morgan fingerprint density at radius 3 is 1.35 bits per heavy atom. The van der Waals surface area contributed by atoms with E-state index in [4.69, 9.17) is 13.3 Å². The minimum absolute atomic E-state index is 0.0333. The number of hydrogen-bond acceptors (Lipinski definition) is 4. The van der Waals surface area contributed by atoms with Gasteiger partial charge in [0.1, 0.15) is 22.7 Å². The molecule has 4 nitrogen and oxygen atoms in total. The van der Waals surface area contributed by atoms with Crippen LogP contribution in [0.25, 0.3) is 21.9 Å². The molecule has 168 valence electrons. The molecule has 31 heavy (non-hydrogen) atoms. The summed E-state index contributed by atoms with van der Waals surface area (Å²) in [5.41, 5.74) is 1.05. The number of rotatable bonds is 4. The van der Waals surface area contributed by atoms with E-state index in [1.54, 1.807) is 0 Å². The summed E-state index contributed by atoms with van der Waals surface area (Å²) < 4.78 is 19.0. The quantitative estimate of drug-likeness (QED) is 0.298. The van der Waals surface area contributed by atoms with Crippen molar-refractivity contribution in [2.45, 2.75) is 77.8 Å². The second-order valence-electron chi connectivity index (χ2n) is 11.5. The van der Waals surface area contributed by atoms with E-state index in [0.29, 0.717) is 21.9 Å². The van der Waals surface area contributed by atoms with E-state index < -0.39 is 16.6 Å². The lowest BCUT2D eigenvalue weighted by atomic mass is 10.1. The van der Waals surface area contributed by atoms with Crippen LogP contribution < -0.4 is 14.3 Å². The van der Waals surface area contributed by atoms with Crippen molar-refractivity contribution in [3.05, 3.63) is 46.6 Å². The van der Waals surface area contributed by atoms with Gasteiger partial charge in [0.2, 0.25) is 22.1 Å². The molecule has 1 heterocycles. The minimum Gasteiger partial charge on any atom is -0.543 e. The zero-order valence-electron chi connectivity index (χ0n) is 20.6. The van der Waals surface area contributed by atoms with Crippen molar-refractivity contribution in [2.24, 2.45) is 0 Å². The average Bonchev–Trinajstić information content (AvgIpc) is 2.59. The molecule has 0 spiro atoms. The molecule has 0 saturated heterocycles. The molecule has 6 heteroatoms. The van der Waals surface area contributed by atoms with E-state index in [1.165, 1.54) is 0 Å². The summed E-state index contributed by atoms with van der Waals surface area (Å²) in [6.07, 6.45) is 0. The molecule has 0 radical (unpaired) electrons. The first-order chi connectivity index (χ1) is 14.0. The summed E-state index contributed by atoms with van der Waals surface area (Å²) in [4.78, 5) is 13.1. The van der Waals surface area contributed by atoms with Gasteiger partial charge < -0.3 is 13.3 Å². The van der Waals surface area contributed by atoms with E-state index in [-0.39, 0.29) is 15.5 Å². The Bertz CT molecular complexity index is 1090. The van der Waals surface area contributed by atoms with Crippen molar-refractivity contribution in [2.75, 3.05) is 0 Å². The van der Waals surface area contributed by atoms with E-state index in [2.05, 4.69) is 67.7 Å². The van der Waals surface area contributed by atoms with E-state index in [9.17, 15) is 4.79 Å². The molecule has 3 aromatic rings. The van der Waals surface area contributed by atoms with Crippen molar-refractivity contribution < 1.29 is 13.3 Å². The van der Waals surface area contributed by atoms with Gasteiger partial charge in [-0.3, -0.25) is 4.79 Å². The normalized spacial score (nSPS) is 13.6. The van der Waals surface area contributed by atoms with Crippen LogP contribution in [-0.2, 0) is 0 Å². The van der Waals surface area contributed by atoms with Crippen LogP contribution in [0.15, 0.2) is 45.6 Å². The molecule has 3 rings (SSSR count). The average molecular weight is 457 g/mol. The van der Waals surface area contributed by atoms with Crippen LogP contribution in [0.4, 0.5) is 0 Å². The summed E-state index contributed by atoms with van der Waals surface area (Å²) in [6.45, 7) is 22.1. The van der Waals surface area contributed by atoms with Crippen molar-refractivity contribution >= 4 is 38.6 Å². The molecule has 2 aromatic carbocycles. The van der Waals surface area contributed by atoms with Crippen LogP contribution in [0.2, 0.25) is 36.3 Å². The maximum absolute atomic E-state index is 13.1. The van der Waals surface area contributed by atoms with Crippen LogP contribution >= 0.6 is 0 Å². The minimum atomic E-state index is -1.99. The Hall–Kier alpha value is -2.06. The fraction of sp³-hybridized carbons (Fsp3) is 0.480. The summed E-state index contributed by atoms with van der Waals surface area (Å²) in [6, 6.07) is 11.1. The predicted molar refractivity (Wildman–Crippen MR) is 136 cm³/mol. The molecule has 0 bridgehead atoms. The predicted octanol–water partition coefficient (Wildman–Crippen LogP) is 7.71. The first-order valence-electron chi connectivity index (χ1n) is 10.9. The van der Waals surface area contributed by atoms with E-state index in [0.717, 1.165) is 11.5 Å². The molecule has 1 aromatic heterocycles. The molecule has 0 aliphatic heterocycles. The first-order valence-corrected chi connectivity index (χ1v) is 16.7. The smallest absolute Gasteiger partial charge is 0.250 e. The molecule has 0 saturated carbocycles. The zero-order chi connectivity index (χ0) is 23.4. The number of hydrogen-bond donors (Lipinski definition) is 0. The monoisotopic (exact) mass is 456 g/mol. The Morgan fingerprint density at radius 1 is 0.677 bits per heavy atom. The lowest BCUT2D eigenvalue weighted by molar-refractivity contribution is 0.490. The topological polar surface area (TPSA) is 48.7 Å². The van der Waals surface area contributed by atoms with Gasteiger partial charge in [-0.2, -0.15) is 0 Å². The van der Waals surface area contributed by atoms with Crippen molar-refractivity contribution in [3.8, 4) is 11.5 Å². The van der Waals surface area contributed by atoms with Crippen molar-refractivity contribution in [1.29, 1.82) is 0 Å². The van der Waals surface area contributed by atoms with Gasteiger partial charge in [-0.05, 0) is 60.5 Å². The highest BCUT2D eigenvalue weighted by molar-refractivity contribution is 6.75. The van der Waals surface area contributed by atoms with Gasteiger partial charge in [0.15, 0.2) is 0 Å². The van der Waals surface area contributed by atoms with Crippen LogP contribution in [0.3, 0.4) is 0 Å². The third kappa shape index (κ3) is 4.60. The molecular formula is C25H36O4Si2. The summed E-state index contributed by atoms with van der Waals surface area (Å²) in [5.74, 6) is 1.49. The van der Waals surface area contributed by atoms with Gasteiger partial charge in [-0.25, -0.2) is 0 Å². The van der Waals surface area contributed by atoms with E-state index >= 15 is 0 Å². The summed E-state index contributed by atoms with van der Waals surface area (Å²) in [5, 5.41) is 1.30. The molecular weight excluding hydrogens is 420 g/mol. The Kier molecular flexibility index (Phi) is 5.72. The van der Waals surface area contributed by atoms with Gasteiger partial charge in [0.25, 0.3) is 0 Å². The van der Waals surface area contributed by atoms with Crippen LogP contribution in [-0.4, -0.2) is 16.6 Å². The summed E-state index contributed by atoms with van der Waals surface area (Å²) in [7, 11) is -3.98. The maximum atomic E-state index is 13.1. The van der Waals surface area contributed by atoms with Gasteiger partial charge in [-0.1, -0.05) is 41.5 Å². The molecule has 0 fully saturated rings. The Balaban J connectivity index is 2.07. The zero-order valence-corrected chi connectivity index (χ0v) is 22.6. The number of fused-ring (bicyclic) bond motifs is 2.